The van der Waals surface area contributed by atoms with Gasteiger partial charge in [-0.1, -0.05) is 6.07 Å². The first kappa shape index (κ1) is 21.0. The fourth-order valence-electron chi connectivity index (χ4n) is 2.02. The minimum atomic E-state index is -4.55. The SMILES string of the molecule is CC(C)(C)OC(=O)NCCC(O)C(O)c1ccc(C(F)(F)F)cc1N. The highest BCUT2D eigenvalue weighted by Crippen LogP contribution is 2.33. The van der Waals surface area contributed by atoms with Gasteiger partial charge in [-0.2, -0.15) is 13.2 Å². The Kier molecular flexibility index (Phi) is 6.67. The highest BCUT2D eigenvalue weighted by Gasteiger charge is 2.31. The van der Waals surface area contributed by atoms with Gasteiger partial charge in [0.2, 0.25) is 0 Å². The van der Waals surface area contributed by atoms with E-state index in [1.807, 2.05) is 0 Å². The Morgan fingerprint density at radius 1 is 1.28 bits per heavy atom. The zero-order valence-corrected chi connectivity index (χ0v) is 14.2. The van der Waals surface area contributed by atoms with E-state index in [4.69, 9.17) is 10.5 Å². The van der Waals surface area contributed by atoms with Gasteiger partial charge in [-0.25, -0.2) is 4.79 Å². The summed E-state index contributed by atoms with van der Waals surface area (Å²) in [4.78, 5) is 11.5. The number of aliphatic hydroxyl groups excluding tert-OH is 2. The maximum atomic E-state index is 12.6. The molecule has 2 atom stereocenters. The van der Waals surface area contributed by atoms with Gasteiger partial charge >= 0.3 is 12.3 Å². The van der Waals surface area contributed by atoms with E-state index >= 15 is 0 Å². The van der Waals surface area contributed by atoms with E-state index in [0.717, 1.165) is 12.1 Å². The van der Waals surface area contributed by atoms with Gasteiger partial charge in [0.15, 0.2) is 0 Å². The van der Waals surface area contributed by atoms with Gasteiger partial charge in [-0.3, -0.25) is 0 Å². The van der Waals surface area contributed by atoms with Crippen LogP contribution in [0.2, 0.25) is 0 Å². The van der Waals surface area contributed by atoms with Gasteiger partial charge in [-0.05, 0) is 39.3 Å². The predicted octanol–water partition coefficient (Wildman–Crippen LogP) is 2.60. The lowest BCUT2D eigenvalue weighted by atomic mass is 9.98. The van der Waals surface area contributed by atoms with Crippen LogP contribution in [0.5, 0.6) is 0 Å². The van der Waals surface area contributed by atoms with Crippen molar-refractivity contribution in [3.63, 3.8) is 0 Å². The fraction of sp³-hybridized carbons (Fsp3) is 0.562. The molecule has 25 heavy (non-hydrogen) atoms. The van der Waals surface area contributed by atoms with Crippen molar-refractivity contribution in [3.05, 3.63) is 29.3 Å². The number of amides is 1. The Labute approximate surface area is 143 Å². The molecular formula is C16H23F3N2O4. The van der Waals surface area contributed by atoms with E-state index in [1.165, 1.54) is 0 Å². The molecule has 1 aromatic rings. The lowest BCUT2D eigenvalue weighted by molar-refractivity contribution is -0.137. The van der Waals surface area contributed by atoms with Crippen LogP contribution in [0.1, 0.15) is 44.4 Å². The Morgan fingerprint density at radius 3 is 2.36 bits per heavy atom. The fourth-order valence-corrected chi connectivity index (χ4v) is 2.02. The standard InChI is InChI=1S/C16H23F3N2O4/c1-15(2,3)25-14(24)21-7-6-12(22)13(23)10-5-4-9(8-11(10)20)16(17,18)19/h4-5,8,12-13,22-23H,6-7,20H2,1-3H3,(H,21,24). The summed E-state index contributed by atoms with van der Waals surface area (Å²) in [5, 5.41) is 22.4. The second-order valence-corrected chi connectivity index (χ2v) is 6.57. The zero-order chi connectivity index (χ0) is 19.4. The molecule has 0 saturated carbocycles. The maximum Gasteiger partial charge on any atom is 0.416 e. The van der Waals surface area contributed by atoms with Crippen LogP contribution in [0.25, 0.3) is 0 Å². The van der Waals surface area contributed by atoms with E-state index in [1.54, 1.807) is 20.8 Å². The number of hydrogen-bond acceptors (Lipinski definition) is 5. The second-order valence-electron chi connectivity index (χ2n) is 6.57. The summed E-state index contributed by atoms with van der Waals surface area (Å²) >= 11 is 0. The first-order chi connectivity index (χ1) is 11.3. The number of nitrogen functional groups attached to an aromatic ring is 1. The minimum Gasteiger partial charge on any atom is -0.444 e. The molecule has 0 aromatic heterocycles. The van der Waals surface area contributed by atoms with Crippen molar-refractivity contribution in [2.75, 3.05) is 12.3 Å². The molecule has 0 fully saturated rings. The molecule has 0 bridgehead atoms. The number of nitrogens with one attached hydrogen (secondary N) is 1. The van der Waals surface area contributed by atoms with Crippen molar-refractivity contribution < 1.29 is 32.9 Å². The van der Waals surface area contributed by atoms with Gasteiger partial charge in [-0.15, -0.1) is 0 Å². The number of ether oxygens (including phenoxy) is 1. The van der Waals surface area contributed by atoms with Crippen molar-refractivity contribution in [1.29, 1.82) is 0 Å². The number of carbonyl (C=O) groups excluding carboxylic acids is 1. The average Bonchev–Trinajstić information content (AvgIpc) is 2.43. The third-order valence-electron chi connectivity index (χ3n) is 3.21. The number of rotatable bonds is 5. The number of hydrogen-bond donors (Lipinski definition) is 4. The van der Waals surface area contributed by atoms with Crippen LogP contribution in [-0.4, -0.2) is 34.6 Å². The summed E-state index contributed by atoms with van der Waals surface area (Å²) in [6.07, 6.45) is -8.08. The van der Waals surface area contributed by atoms with E-state index in [0.29, 0.717) is 6.07 Å². The highest BCUT2D eigenvalue weighted by molar-refractivity contribution is 5.67. The Balaban J connectivity index is 2.62. The third kappa shape index (κ3) is 6.79. The monoisotopic (exact) mass is 364 g/mol. The molecule has 5 N–H and O–H groups in total. The molecule has 0 radical (unpaired) electrons. The zero-order valence-electron chi connectivity index (χ0n) is 14.2. The Morgan fingerprint density at radius 2 is 1.88 bits per heavy atom. The smallest absolute Gasteiger partial charge is 0.416 e. The molecule has 1 aromatic carbocycles. The van der Waals surface area contributed by atoms with Crippen molar-refractivity contribution in [3.8, 4) is 0 Å². The van der Waals surface area contributed by atoms with Gasteiger partial charge < -0.3 is 26.0 Å². The van der Waals surface area contributed by atoms with Crippen LogP contribution < -0.4 is 11.1 Å². The van der Waals surface area contributed by atoms with E-state index < -0.39 is 35.6 Å². The number of nitrogens with two attached hydrogens (primary N) is 1. The van der Waals surface area contributed by atoms with Crippen molar-refractivity contribution in [1.82, 2.24) is 5.32 Å². The van der Waals surface area contributed by atoms with Crippen LogP contribution in [0.3, 0.4) is 0 Å². The molecule has 0 heterocycles. The molecule has 6 nitrogen and oxygen atoms in total. The molecule has 0 aliphatic rings. The predicted molar refractivity (Wildman–Crippen MR) is 85.7 cm³/mol. The Hall–Kier alpha value is -2.00. The van der Waals surface area contributed by atoms with Crippen LogP contribution in [0, 0.1) is 0 Å². The van der Waals surface area contributed by atoms with E-state index in [2.05, 4.69) is 5.32 Å². The number of carbonyl (C=O) groups is 1. The third-order valence-corrected chi connectivity index (χ3v) is 3.21. The number of anilines is 1. The molecule has 0 spiro atoms. The second kappa shape index (κ2) is 7.92. The summed E-state index contributed by atoms with van der Waals surface area (Å²) in [5.41, 5.74) is 3.64. The number of alkyl carbamates (subject to hydrolysis) is 1. The van der Waals surface area contributed by atoms with Crippen LogP contribution in [0.15, 0.2) is 18.2 Å². The van der Waals surface area contributed by atoms with Gasteiger partial charge in [0.05, 0.1) is 11.7 Å². The van der Waals surface area contributed by atoms with E-state index in [9.17, 15) is 28.2 Å². The number of alkyl halides is 3. The minimum absolute atomic E-state index is 0.00762. The van der Waals surface area contributed by atoms with Gasteiger partial charge in [0, 0.05) is 17.8 Å². The molecular weight excluding hydrogens is 341 g/mol. The van der Waals surface area contributed by atoms with Crippen molar-refractivity contribution in [2.24, 2.45) is 0 Å². The average molecular weight is 364 g/mol. The summed E-state index contributed by atoms with van der Waals surface area (Å²) < 4.78 is 42.8. The molecule has 0 saturated heterocycles. The maximum absolute atomic E-state index is 12.6. The normalized spacial score (nSPS) is 14.7. The van der Waals surface area contributed by atoms with Crippen molar-refractivity contribution >= 4 is 11.8 Å². The lowest BCUT2D eigenvalue weighted by Gasteiger charge is -2.22. The van der Waals surface area contributed by atoms with Gasteiger partial charge in [0.1, 0.15) is 11.7 Å². The highest BCUT2D eigenvalue weighted by atomic mass is 19.4. The Bertz CT molecular complexity index is 600. The lowest BCUT2D eigenvalue weighted by Crippen LogP contribution is -2.34. The molecule has 142 valence electrons. The largest absolute Gasteiger partial charge is 0.444 e. The van der Waals surface area contributed by atoms with Crippen LogP contribution >= 0.6 is 0 Å². The van der Waals surface area contributed by atoms with Crippen molar-refractivity contribution in [2.45, 2.75) is 51.2 Å². The molecule has 1 amide bonds. The first-order valence-electron chi connectivity index (χ1n) is 7.61. The van der Waals surface area contributed by atoms with Crippen LogP contribution in [-0.2, 0) is 10.9 Å². The topological polar surface area (TPSA) is 105 Å². The summed E-state index contributed by atoms with van der Waals surface area (Å²) in [7, 11) is 0. The molecule has 0 aliphatic carbocycles. The summed E-state index contributed by atoms with van der Waals surface area (Å²) in [6, 6.07) is 2.50. The van der Waals surface area contributed by atoms with Crippen LogP contribution in [0.4, 0.5) is 23.7 Å². The molecule has 2 unspecified atom stereocenters. The first-order valence-corrected chi connectivity index (χ1v) is 7.61. The summed E-state index contributed by atoms with van der Waals surface area (Å²) in [6.45, 7) is 5.09. The quantitative estimate of drug-likeness (QED) is 0.601. The summed E-state index contributed by atoms with van der Waals surface area (Å²) in [5.74, 6) is 0. The van der Waals surface area contributed by atoms with E-state index in [-0.39, 0.29) is 24.2 Å². The molecule has 0 aliphatic heterocycles. The molecule has 9 heteroatoms. The number of aliphatic hydroxyl groups is 2. The molecule has 1 rings (SSSR count). The number of benzene rings is 1. The van der Waals surface area contributed by atoms with Gasteiger partial charge in [0.25, 0.3) is 0 Å². The number of halogens is 3.